The molecule has 28 heavy (non-hydrogen) atoms. The van der Waals surface area contributed by atoms with Gasteiger partial charge in [-0.1, -0.05) is 35.3 Å². The predicted molar refractivity (Wildman–Crippen MR) is 111 cm³/mol. The van der Waals surface area contributed by atoms with E-state index in [4.69, 9.17) is 23.2 Å². The molecule has 0 aliphatic carbocycles. The Morgan fingerprint density at radius 3 is 2.25 bits per heavy atom. The molecular weight excluding hydrogens is 419 g/mol. The summed E-state index contributed by atoms with van der Waals surface area (Å²) in [5, 5.41) is 1.13. The zero-order chi connectivity index (χ0) is 20.3. The largest absolute Gasteiger partial charge is 0.341 e. The third kappa shape index (κ3) is 4.87. The van der Waals surface area contributed by atoms with Crippen molar-refractivity contribution in [3.8, 4) is 0 Å². The molecule has 0 saturated carbocycles. The zero-order valence-corrected chi connectivity index (χ0v) is 17.8. The second-order valence-corrected chi connectivity index (χ2v) is 9.79. The second kappa shape index (κ2) is 8.82. The standard InChI is InChI=1S/C20H22Cl2N2O3S/c1-23(13-15-4-6-17(21)7-5-15)20(25)16-3-2-12-24(14-16)28(26,27)19-10-8-18(22)9-11-19/h4-11,16H,2-3,12-14H2,1H3/t16-/m1/s1. The summed E-state index contributed by atoms with van der Waals surface area (Å²) in [6, 6.07) is 13.4. The normalized spacial score (nSPS) is 18.0. The zero-order valence-electron chi connectivity index (χ0n) is 15.5. The van der Waals surface area contributed by atoms with Crippen molar-refractivity contribution in [3.63, 3.8) is 0 Å². The lowest BCUT2D eigenvalue weighted by molar-refractivity contribution is -0.135. The molecule has 1 fully saturated rings. The van der Waals surface area contributed by atoms with Crippen LogP contribution in [0.15, 0.2) is 53.4 Å². The van der Waals surface area contributed by atoms with Gasteiger partial charge in [-0.3, -0.25) is 4.79 Å². The van der Waals surface area contributed by atoms with E-state index in [0.29, 0.717) is 36.0 Å². The Bertz CT molecular complexity index is 931. The van der Waals surface area contributed by atoms with E-state index in [0.717, 1.165) is 5.56 Å². The number of rotatable bonds is 5. The van der Waals surface area contributed by atoms with Gasteiger partial charge in [0.15, 0.2) is 0 Å². The number of nitrogens with zero attached hydrogens (tertiary/aromatic N) is 2. The minimum absolute atomic E-state index is 0.0500. The van der Waals surface area contributed by atoms with E-state index in [9.17, 15) is 13.2 Å². The molecule has 1 saturated heterocycles. The SMILES string of the molecule is CN(Cc1ccc(Cl)cc1)C(=O)[C@@H]1CCCN(S(=O)(=O)c2ccc(Cl)cc2)C1. The summed E-state index contributed by atoms with van der Waals surface area (Å²) in [5.41, 5.74) is 0.974. The van der Waals surface area contributed by atoms with Gasteiger partial charge in [0, 0.05) is 36.7 Å². The Labute approximate surface area is 175 Å². The molecule has 3 rings (SSSR count). The molecule has 1 atom stereocenters. The third-order valence-corrected chi connectivity index (χ3v) is 7.28. The molecule has 0 radical (unpaired) electrons. The van der Waals surface area contributed by atoms with Crippen molar-refractivity contribution < 1.29 is 13.2 Å². The van der Waals surface area contributed by atoms with Gasteiger partial charge in [-0.15, -0.1) is 0 Å². The van der Waals surface area contributed by atoms with Crippen LogP contribution in [-0.4, -0.2) is 43.7 Å². The molecule has 0 bridgehead atoms. The van der Waals surface area contributed by atoms with Gasteiger partial charge in [0.1, 0.15) is 0 Å². The van der Waals surface area contributed by atoms with Crippen LogP contribution in [0.3, 0.4) is 0 Å². The lowest BCUT2D eigenvalue weighted by atomic mass is 9.98. The molecule has 5 nitrogen and oxygen atoms in total. The van der Waals surface area contributed by atoms with Crippen LogP contribution >= 0.6 is 23.2 Å². The number of hydrogen-bond donors (Lipinski definition) is 0. The van der Waals surface area contributed by atoms with Gasteiger partial charge < -0.3 is 4.90 Å². The molecule has 1 aliphatic heterocycles. The fourth-order valence-electron chi connectivity index (χ4n) is 3.37. The van der Waals surface area contributed by atoms with Crippen LogP contribution in [0.25, 0.3) is 0 Å². The van der Waals surface area contributed by atoms with Gasteiger partial charge >= 0.3 is 0 Å². The monoisotopic (exact) mass is 440 g/mol. The average molecular weight is 441 g/mol. The average Bonchev–Trinajstić information content (AvgIpc) is 2.69. The summed E-state index contributed by atoms with van der Waals surface area (Å²) in [6.07, 6.45) is 1.33. The molecule has 1 amide bonds. The van der Waals surface area contributed by atoms with Crippen molar-refractivity contribution in [2.45, 2.75) is 24.3 Å². The highest BCUT2D eigenvalue weighted by Gasteiger charge is 2.34. The Morgan fingerprint density at radius 2 is 1.64 bits per heavy atom. The highest BCUT2D eigenvalue weighted by atomic mass is 35.5. The van der Waals surface area contributed by atoms with E-state index < -0.39 is 10.0 Å². The van der Waals surface area contributed by atoms with E-state index in [1.54, 1.807) is 36.2 Å². The summed E-state index contributed by atoms with van der Waals surface area (Å²) in [7, 11) is -1.91. The van der Waals surface area contributed by atoms with Crippen molar-refractivity contribution in [1.29, 1.82) is 0 Å². The van der Waals surface area contributed by atoms with E-state index in [2.05, 4.69) is 0 Å². The fraction of sp³-hybridized carbons (Fsp3) is 0.350. The minimum Gasteiger partial charge on any atom is -0.341 e. The first-order valence-electron chi connectivity index (χ1n) is 9.02. The molecule has 2 aromatic carbocycles. The van der Waals surface area contributed by atoms with E-state index in [1.807, 2.05) is 12.1 Å². The van der Waals surface area contributed by atoms with Gasteiger partial charge in [-0.05, 0) is 54.8 Å². The van der Waals surface area contributed by atoms with Gasteiger partial charge in [0.25, 0.3) is 0 Å². The van der Waals surface area contributed by atoms with Crippen LogP contribution in [0.4, 0.5) is 0 Å². The van der Waals surface area contributed by atoms with Crippen molar-refractivity contribution in [3.05, 3.63) is 64.1 Å². The summed E-state index contributed by atoms with van der Waals surface area (Å²) < 4.78 is 27.2. The molecule has 0 N–H and O–H groups in total. The molecule has 1 aliphatic rings. The Balaban J connectivity index is 1.68. The Kier molecular flexibility index (Phi) is 6.65. The number of sulfonamides is 1. The molecular formula is C20H22Cl2N2O3S. The Morgan fingerprint density at radius 1 is 1.07 bits per heavy atom. The van der Waals surface area contributed by atoms with Crippen molar-refractivity contribution in [2.24, 2.45) is 5.92 Å². The summed E-state index contributed by atoms with van der Waals surface area (Å²) in [6.45, 7) is 1.06. The molecule has 150 valence electrons. The van der Waals surface area contributed by atoms with E-state index in [1.165, 1.54) is 16.4 Å². The first-order valence-corrected chi connectivity index (χ1v) is 11.2. The lowest BCUT2D eigenvalue weighted by Crippen LogP contribution is -2.45. The number of piperidine rings is 1. The Hall–Kier alpha value is -1.60. The summed E-state index contributed by atoms with van der Waals surface area (Å²) in [4.78, 5) is 14.7. The van der Waals surface area contributed by atoms with Crippen LogP contribution < -0.4 is 0 Å². The summed E-state index contributed by atoms with van der Waals surface area (Å²) in [5.74, 6) is -0.404. The van der Waals surface area contributed by atoms with E-state index in [-0.39, 0.29) is 23.3 Å². The third-order valence-electron chi connectivity index (χ3n) is 4.89. The number of amides is 1. The van der Waals surface area contributed by atoms with Gasteiger partial charge in [0.05, 0.1) is 10.8 Å². The predicted octanol–water partition coefficient (Wildman–Crippen LogP) is 4.05. The highest BCUT2D eigenvalue weighted by Crippen LogP contribution is 2.26. The highest BCUT2D eigenvalue weighted by molar-refractivity contribution is 7.89. The molecule has 0 spiro atoms. The topological polar surface area (TPSA) is 57.7 Å². The van der Waals surface area contributed by atoms with Crippen LogP contribution in [0.5, 0.6) is 0 Å². The van der Waals surface area contributed by atoms with Gasteiger partial charge in [-0.2, -0.15) is 4.31 Å². The molecule has 2 aromatic rings. The van der Waals surface area contributed by atoms with Crippen LogP contribution in [0.2, 0.25) is 10.0 Å². The summed E-state index contributed by atoms with van der Waals surface area (Å²) >= 11 is 11.8. The van der Waals surface area contributed by atoms with Crippen LogP contribution in [-0.2, 0) is 21.4 Å². The smallest absolute Gasteiger partial charge is 0.243 e. The maximum atomic E-state index is 12.9. The molecule has 0 unspecified atom stereocenters. The molecule has 0 aromatic heterocycles. The second-order valence-electron chi connectivity index (χ2n) is 6.98. The number of hydrogen-bond acceptors (Lipinski definition) is 3. The maximum absolute atomic E-state index is 12.9. The van der Waals surface area contributed by atoms with E-state index >= 15 is 0 Å². The van der Waals surface area contributed by atoms with Gasteiger partial charge in [-0.25, -0.2) is 8.42 Å². The number of benzene rings is 2. The maximum Gasteiger partial charge on any atom is 0.243 e. The molecule has 8 heteroatoms. The van der Waals surface area contributed by atoms with Crippen molar-refractivity contribution >= 4 is 39.1 Å². The number of carbonyl (C=O) groups excluding carboxylic acids is 1. The fourth-order valence-corrected chi connectivity index (χ4v) is 5.15. The first-order chi connectivity index (χ1) is 13.3. The van der Waals surface area contributed by atoms with Crippen LogP contribution in [0, 0.1) is 5.92 Å². The van der Waals surface area contributed by atoms with Crippen molar-refractivity contribution in [1.82, 2.24) is 9.21 Å². The number of carbonyl (C=O) groups is 1. The van der Waals surface area contributed by atoms with Crippen LogP contribution in [0.1, 0.15) is 18.4 Å². The molecule has 1 heterocycles. The first kappa shape index (κ1) is 21.1. The lowest BCUT2D eigenvalue weighted by Gasteiger charge is -2.33. The number of halogens is 2. The minimum atomic E-state index is -3.65. The van der Waals surface area contributed by atoms with Crippen molar-refractivity contribution in [2.75, 3.05) is 20.1 Å². The van der Waals surface area contributed by atoms with Gasteiger partial charge in [0.2, 0.25) is 15.9 Å². The quantitative estimate of drug-likeness (QED) is 0.704.